The molecule has 8 heteroatoms. The van der Waals surface area contributed by atoms with E-state index in [4.69, 9.17) is 9.47 Å². The maximum atomic E-state index is 12.6. The van der Waals surface area contributed by atoms with Gasteiger partial charge in [-0.1, -0.05) is 48.5 Å². The smallest absolute Gasteiger partial charge is 0.408 e. The number of carbonyl (C=O) groups is 3. The van der Waals surface area contributed by atoms with Crippen LogP contribution in [0.5, 0.6) is 0 Å². The first-order valence-electron chi connectivity index (χ1n) is 9.46. The number of aromatic nitrogens is 1. The maximum absolute atomic E-state index is 12.6. The van der Waals surface area contributed by atoms with Gasteiger partial charge in [0, 0.05) is 30.6 Å². The summed E-state index contributed by atoms with van der Waals surface area (Å²) < 4.78 is 10.3. The second kappa shape index (κ2) is 10.1. The fraction of sp³-hybridized carbons (Fsp3) is 0.227. The van der Waals surface area contributed by atoms with Crippen LogP contribution in [0.15, 0.2) is 60.8 Å². The number of H-pyrrole nitrogens is 1. The van der Waals surface area contributed by atoms with Crippen LogP contribution >= 0.6 is 0 Å². The minimum absolute atomic E-state index is 0.0692. The number of para-hydroxylation sites is 1. The molecule has 0 saturated carbocycles. The summed E-state index contributed by atoms with van der Waals surface area (Å²) in [5.41, 5.74) is 2.57. The Morgan fingerprint density at radius 1 is 1.00 bits per heavy atom. The van der Waals surface area contributed by atoms with Crippen molar-refractivity contribution in [1.82, 2.24) is 15.6 Å². The highest BCUT2D eigenvalue weighted by Gasteiger charge is 2.25. The largest absolute Gasteiger partial charge is 0.454 e. The van der Waals surface area contributed by atoms with Gasteiger partial charge in [-0.25, -0.2) is 9.59 Å². The molecule has 2 aromatic carbocycles. The number of rotatable bonds is 8. The van der Waals surface area contributed by atoms with E-state index in [1.54, 1.807) is 6.20 Å². The molecule has 2 amide bonds. The molecule has 0 fully saturated rings. The van der Waals surface area contributed by atoms with Crippen molar-refractivity contribution in [2.24, 2.45) is 0 Å². The van der Waals surface area contributed by atoms with Gasteiger partial charge in [-0.3, -0.25) is 4.79 Å². The van der Waals surface area contributed by atoms with E-state index in [0.717, 1.165) is 22.0 Å². The third kappa shape index (κ3) is 5.60. The molecule has 3 aromatic rings. The number of ether oxygens (including phenoxy) is 2. The number of hydrogen-bond donors (Lipinski definition) is 3. The Kier molecular flexibility index (Phi) is 7.05. The lowest BCUT2D eigenvalue weighted by Gasteiger charge is -2.17. The summed E-state index contributed by atoms with van der Waals surface area (Å²) >= 11 is 0. The van der Waals surface area contributed by atoms with Crippen LogP contribution in [0.25, 0.3) is 10.9 Å². The van der Waals surface area contributed by atoms with Crippen LogP contribution in [0.2, 0.25) is 0 Å². The highest BCUT2D eigenvalue weighted by molar-refractivity contribution is 5.87. The molecule has 0 aliphatic rings. The average molecular weight is 409 g/mol. The Labute approximate surface area is 173 Å². The Balaban J connectivity index is 1.69. The van der Waals surface area contributed by atoms with E-state index in [1.807, 2.05) is 54.6 Å². The van der Waals surface area contributed by atoms with Crippen molar-refractivity contribution in [3.05, 3.63) is 71.9 Å². The summed E-state index contributed by atoms with van der Waals surface area (Å²) in [6.45, 7) is -0.361. The monoisotopic (exact) mass is 409 g/mol. The highest BCUT2D eigenvalue weighted by atomic mass is 16.6. The zero-order chi connectivity index (χ0) is 21.3. The number of alkyl carbamates (subject to hydrolysis) is 1. The number of aromatic amines is 1. The van der Waals surface area contributed by atoms with Gasteiger partial charge >= 0.3 is 12.1 Å². The van der Waals surface area contributed by atoms with Crippen molar-refractivity contribution in [3.8, 4) is 0 Å². The topological polar surface area (TPSA) is 110 Å². The van der Waals surface area contributed by atoms with Gasteiger partial charge in [0.05, 0.1) is 0 Å². The number of fused-ring (bicyclic) bond motifs is 1. The van der Waals surface area contributed by atoms with Gasteiger partial charge in [-0.05, 0) is 17.2 Å². The molecule has 0 aliphatic carbocycles. The highest BCUT2D eigenvalue weighted by Crippen LogP contribution is 2.19. The maximum Gasteiger partial charge on any atom is 0.408 e. The Morgan fingerprint density at radius 3 is 2.50 bits per heavy atom. The molecular formula is C22H23N3O5. The summed E-state index contributed by atoms with van der Waals surface area (Å²) in [7, 11) is 1.44. The van der Waals surface area contributed by atoms with Crippen molar-refractivity contribution in [2.45, 2.75) is 19.1 Å². The van der Waals surface area contributed by atoms with Crippen LogP contribution in [-0.2, 0) is 32.1 Å². The molecule has 3 rings (SSSR count). The second-order valence-corrected chi connectivity index (χ2v) is 6.60. The molecule has 30 heavy (non-hydrogen) atoms. The van der Waals surface area contributed by atoms with Gasteiger partial charge in [-0.15, -0.1) is 0 Å². The molecule has 1 aromatic heterocycles. The number of amides is 2. The molecule has 0 unspecified atom stereocenters. The van der Waals surface area contributed by atoms with Crippen LogP contribution in [0.3, 0.4) is 0 Å². The third-order valence-corrected chi connectivity index (χ3v) is 4.51. The Hall–Kier alpha value is -3.81. The van der Waals surface area contributed by atoms with E-state index < -0.39 is 30.6 Å². The van der Waals surface area contributed by atoms with Crippen LogP contribution in [0.1, 0.15) is 11.1 Å². The van der Waals surface area contributed by atoms with Crippen molar-refractivity contribution in [1.29, 1.82) is 0 Å². The standard InChI is InChI=1S/C22H23N3O5/c1-23-20(26)14-29-21(27)19(11-16-12-24-18-10-6-5-9-17(16)18)25-22(28)30-13-15-7-3-2-4-8-15/h2-10,12,19,24H,11,13-14H2,1H3,(H,23,26)(H,25,28)/t19-/m0/s1. The second-order valence-electron chi connectivity index (χ2n) is 6.60. The van der Waals surface area contributed by atoms with E-state index in [2.05, 4.69) is 15.6 Å². The number of esters is 1. The molecule has 156 valence electrons. The first-order valence-corrected chi connectivity index (χ1v) is 9.46. The molecule has 1 heterocycles. The molecule has 0 spiro atoms. The van der Waals surface area contributed by atoms with Gasteiger partial charge in [0.15, 0.2) is 6.61 Å². The van der Waals surface area contributed by atoms with Crippen LogP contribution in [-0.4, -0.2) is 42.7 Å². The zero-order valence-corrected chi connectivity index (χ0v) is 16.5. The van der Waals surface area contributed by atoms with Gasteiger partial charge < -0.3 is 25.1 Å². The molecule has 0 bridgehead atoms. The lowest BCUT2D eigenvalue weighted by atomic mass is 10.1. The SMILES string of the molecule is CNC(=O)COC(=O)[C@H](Cc1c[nH]c2ccccc12)NC(=O)OCc1ccccc1. The predicted octanol–water partition coefficient (Wildman–Crippen LogP) is 2.29. The Bertz CT molecular complexity index is 1020. The number of benzene rings is 2. The first kappa shape index (κ1) is 20.9. The van der Waals surface area contributed by atoms with E-state index >= 15 is 0 Å². The fourth-order valence-electron chi connectivity index (χ4n) is 2.93. The van der Waals surface area contributed by atoms with E-state index in [1.165, 1.54) is 7.05 Å². The fourth-order valence-corrected chi connectivity index (χ4v) is 2.93. The molecule has 0 aliphatic heterocycles. The van der Waals surface area contributed by atoms with E-state index in [-0.39, 0.29) is 13.0 Å². The van der Waals surface area contributed by atoms with Crippen molar-refractivity contribution >= 4 is 28.9 Å². The molecule has 0 saturated heterocycles. The third-order valence-electron chi connectivity index (χ3n) is 4.51. The molecule has 0 radical (unpaired) electrons. The molecular weight excluding hydrogens is 386 g/mol. The Morgan fingerprint density at radius 2 is 1.73 bits per heavy atom. The minimum atomic E-state index is -1.02. The summed E-state index contributed by atoms with van der Waals surface area (Å²) in [4.78, 5) is 39.4. The molecule has 8 nitrogen and oxygen atoms in total. The van der Waals surface area contributed by atoms with Crippen molar-refractivity contribution < 1.29 is 23.9 Å². The van der Waals surface area contributed by atoms with Gasteiger partial charge in [0.1, 0.15) is 12.6 Å². The number of carbonyl (C=O) groups excluding carboxylic acids is 3. The lowest BCUT2D eigenvalue weighted by Crippen LogP contribution is -2.44. The molecule has 1 atom stereocenters. The molecule has 3 N–H and O–H groups in total. The normalized spacial score (nSPS) is 11.5. The van der Waals surface area contributed by atoms with Gasteiger partial charge in [0.2, 0.25) is 0 Å². The van der Waals surface area contributed by atoms with Crippen LogP contribution in [0, 0.1) is 0 Å². The van der Waals surface area contributed by atoms with Gasteiger partial charge in [-0.2, -0.15) is 0 Å². The van der Waals surface area contributed by atoms with Crippen LogP contribution < -0.4 is 10.6 Å². The summed E-state index contributed by atoms with van der Waals surface area (Å²) in [5.74, 6) is -1.17. The van der Waals surface area contributed by atoms with Crippen LogP contribution in [0.4, 0.5) is 4.79 Å². The first-order chi connectivity index (χ1) is 14.6. The zero-order valence-electron chi connectivity index (χ0n) is 16.5. The number of hydrogen-bond acceptors (Lipinski definition) is 5. The summed E-state index contributed by atoms with van der Waals surface area (Å²) in [5, 5.41) is 5.86. The predicted molar refractivity (Wildman–Crippen MR) is 111 cm³/mol. The number of likely N-dealkylation sites (N-methyl/N-ethyl adjacent to an activating group) is 1. The van der Waals surface area contributed by atoms with E-state index in [0.29, 0.717) is 0 Å². The average Bonchev–Trinajstić information content (AvgIpc) is 3.19. The minimum Gasteiger partial charge on any atom is -0.454 e. The van der Waals surface area contributed by atoms with Crippen molar-refractivity contribution in [3.63, 3.8) is 0 Å². The summed E-state index contributed by atoms with van der Waals surface area (Å²) in [6.07, 6.45) is 1.21. The van der Waals surface area contributed by atoms with Gasteiger partial charge in [0.25, 0.3) is 5.91 Å². The van der Waals surface area contributed by atoms with Crippen molar-refractivity contribution in [2.75, 3.05) is 13.7 Å². The summed E-state index contributed by atoms with van der Waals surface area (Å²) in [6, 6.07) is 15.8. The van der Waals surface area contributed by atoms with E-state index in [9.17, 15) is 14.4 Å². The number of nitrogens with one attached hydrogen (secondary N) is 3. The quantitative estimate of drug-likeness (QED) is 0.495. The lowest BCUT2D eigenvalue weighted by molar-refractivity contribution is -0.150.